The molecule has 0 aromatic rings. The number of carboxylic acids is 1. The second-order valence-electron chi connectivity index (χ2n) is 2.86. The Morgan fingerprint density at radius 1 is 1.54 bits per heavy atom. The van der Waals surface area contributed by atoms with Crippen molar-refractivity contribution in [2.45, 2.75) is 13.8 Å². The van der Waals surface area contributed by atoms with Gasteiger partial charge in [0.25, 0.3) is 0 Å². The van der Waals surface area contributed by atoms with Crippen LogP contribution >= 0.6 is 0 Å². The molecule has 6 heteroatoms. The van der Waals surface area contributed by atoms with Crippen LogP contribution in [0.25, 0.3) is 0 Å². The van der Waals surface area contributed by atoms with Crippen LogP contribution in [0.4, 0.5) is 0 Å². The van der Waals surface area contributed by atoms with E-state index in [9.17, 15) is 13.2 Å². The topological polar surface area (TPSA) is 80.7 Å². The molecule has 0 aliphatic rings. The van der Waals surface area contributed by atoms with Crippen molar-refractivity contribution in [3.63, 3.8) is 0 Å². The van der Waals surface area contributed by atoms with Gasteiger partial charge in [0, 0.05) is 0 Å². The van der Waals surface area contributed by atoms with E-state index in [-0.39, 0.29) is 12.5 Å². The fourth-order valence-electron chi connectivity index (χ4n) is 0.404. The van der Waals surface area contributed by atoms with Crippen molar-refractivity contribution in [2.24, 2.45) is 5.92 Å². The first kappa shape index (κ1) is 12.1. The van der Waals surface area contributed by atoms with Crippen LogP contribution < -0.4 is 0 Å². The molecule has 0 aliphatic heterocycles. The molecule has 0 aromatic heterocycles. The molecule has 5 nitrogen and oxygen atoms in total. The molecule has 0 aromatic carbocycles. The highest BCUT2D eigenvalue weighted by Crippen LogP contribution is 2.08. The largest absolute Gasteiger partial charge is 0.477 e. The summed E-state index contributed by atoms with van der Waals surface area (Å²) in [6.07, 6.45) is 0. The van der Waals surface area contributed by atoms with E-state index < -0.39 is 21.0 Å². The molecular formula is C7H12O5S. The standard InChI is InChI=1S/C7H12O5S/c1-5(2)4-12-13(10,11)6(3)7(8)9/h5H,3-4H2,1-2H3,(H,8,9). The predicted molar refractivity (Wildman–Crippen MR) is 46.5 cm³/mol. The van der Waals surface area contributed by atoms with Crippen LogP contribution in [-0.2, 0) is 19.1 Å². The maximum Gasteiger partial charge on any atom is 0.349 e. The normalized spacial score (nSPS) is 11.6. The zero-order valence-corrected chi connectivity index (χ0v) is 8.30. The maximum atomic E-state index is 11.0. The summed E-state index contributed by atoms with van der Waals surface area (Å²) in [5, 5.41) is 8.32. The van der Waals surface area contributed by atoms with Gasteiger partial charge in [-0.3, -0.25) is 4.18 Å². The third-order valence-corrected chi connectivity index (χ3v) is 2.32. The van der Waals surface area contributed by atoms with Crippen molar-refractivity contribution in [1.29, 1.82) is 0 Å². The van der Waals surface area contributed by atoms with Gasteiger partial charge in [-0.05, 0) is 5.92 Å². The van der Waals surface area contributed by atoms with E-state index in [1.807, 2.05) is 0 Å². The Bertz CT molecular complexity index is 301. The first-order valence-corrected chi connectivity index (χ1v) is 5.00. The Balaban J connectivity index is 4.43. The van der Waals surface area contributed by atoms with E-state index >= 15 is 0 Å². The van der Waals surface area contributed by atoms with Crippen molar-refractivity contribution in [3.05, 3.63) is 11.5 Å². The molecular weight excluding hydrogens is 196 g/mol. The highest BCUT2D eigenvalue weighted by Gasteiger charge is 2.23. The van der Waals surface area contributed by atoms with Crippen molar-refractivity contribution >= 4 is 16.1 Å². The van der Waals surface area contributed by atoms with Crippen molar-refractivity contribution in [2.75, 3.05) is 6.61 Å². The molecule has 0 unspecified atom stereocenters. The molecule has 0 heterocycles. The lowest BCUT2D eigenvalue weighted by Crippen LogP contribution is -2.17. The molecule has 0 aliphatic carbocycles. The van der Waals surface area contributed by atoms with Crippen molar-refractivity contribution in [1.82, 2.24) is 0 Å². The average Bonchev–Trinajstić information content (AvgIpc) is 1.99. The summed E-state index contributed by atoms with van der Waals surface area (Å²) in [5.74, 6) is -1.58. The van der Waals surface area contributed by atoms with Crippen LogP contribution in [-0.4, -0.2) is 26.1 Å². The van der Waals surface area contributed by atoms with E-state index in [0.717, 1.165) is 0 Å². The Labute approximate surface area is 77.1 Å². The summed E-state index contributed by atoms with van der Waals surface area (Å²) in [7, 11) is -4.15. The summed E-state index contributed by atoms with van der Waals surface area (Å²) in [6.45, 7) is 6.34. The molecule has 0 bridgehead atoms. The third-order valence-electron chi connectivity index (χ3n) is 1.10. The molecule has 0 rings (SSSR count). The van der Waals surface area contributed by atoms with E-state index in [0.29, 0.717) is 0 Å². The molecule has 0 saturated carbocycles. The van der Waals surface area contributed by atoms with Crippen molar-refractivity contribution in [3.8, 4) is 0 Å². The van der Waals surface area contributed by atoms with Gasteiger partial charge in [-0.15, -0.1) is 0 Å². The van der Waals surface area contributed by atoms with E-state index in [4.69, 9.17) is 5.11 Å². The smallest absolute Gasteiger partial charge is 0.349 e. The Morgan fingerprint density at radius 2 is 2.00 bits per heavy atom. The zero-order valence-electron chi connectivity index (χ0n) is 7.48. The lowest BCUT2D eigenvalue weighted by molar-refractivity contribution is -0.131. The molecule has 0 saturated heterocycles. The number of aliphatic carboxylic acids is 1. The number of carboxylic acid groups (broad SMARTS) is 1. The van der Waals surface area contributed by atoms with E-state index in [1.54, 1.807) is 13.8 Å². The molecule has 0 amide bonds. The maximum absolute atomic E-state index is 11.0. The molecule has 0 atom stereocenters. The van der Waals surface area contributed by atoms with Gasteiger partial charge < -0.3 is 5.11 Å². The molecule has 0 spiro atoms. The van der Waals surface area contributed by atoms with Crippen LogP contribution in [0, 0.1) is 5.92 Å². The first-order chi connectivity index (χ1) is 5.77. The quantitative estimate of drug-likeness (QED) is 0.528. The minimum absolute atomic E-state index is 0.0105. The van der Waals surface area contributed by atoms with E-state index in [1.165, 1.54) is 0 Å². The average molecular weight is 208 g/mol. The lowest BCUT2D eigenvalue weighted by atomic mass is 10.2. The highest BCUT2D eigenvalue weighted by atomic mass is 32.2. The third kappa shape index (κ3) is 4.05. The summed E-state index contributed by atoms with van der Waals surface area (Å²) in [6, 6.07) is 0. The summed E-state index contributed by atoms with van der Waals surface area (Å²) < 4.78 is 26.4. The summed E-state index contributed by atoms with van der Waals surface area (Å²) in [5.41, 5.74) is 0. The number of rotatable bonds is 5. The van der Waals surface area contributed by atoms with Gasteiger partial charge >= 0.3 is 16.1 Å². The SMILES string of the molecule is C=C(C(=O)O)S(=O)(=O)OCC(C)C. The van der Waals surface area contributed by atoms with Gasteiger partial charge in [-0.2, -0.15) is 8.42 Å². The van der Waals surface area contributed by atoms with Crippen molar-refractivity contribution < 1.29 is 22.5 Å². The number of carbonyl (C=O) groups is 1. The van der Waals surface area contributed by atoms with Crippen LogP contribution in [0.5, 0.6) is 0 Å². The van der Waals surface area contributed by atoms with Crippen LogP contribution in [0.1, 0.15) is 13.8 Å². The van der Waals surface area contributed by atoms with Crippen LogP contribution in [0.2, 0.25) is 0 Å². The lowest BCUT2D eigenvalue weighted by Gasteiger charge is -2.06. The van der Waals surface area contributed by atoms with Gasteiger partial charge in [-0.1, -0.05) is 20.4 Å². The fraction of sp³-hybridized carbons (Fsp3) is 0.571. The Kier molecular flexibility index (Phi) is 4.09. The number of hydrogen-bond acceptors (Lipinski definition) is 4. The van der Waals surface area contributed by atoms with Crippen LogP contribution in [0.15, 0.2) is 11.5 Å². The molecule has 76 valence electrons. The van der Waals surface area contributed by atoms with Gasteiger partial charge in [0.05, 0.1) is 6.61 Å². The monoisotopic (exact) mass is 208 g/mol. The minimum Gasteiger partial charge on any atom is -0.477 e. The molecule has 0 radical (unpaired) electrons. The number of hydrogen-bond donors (Lipinski definition) is 1. The molecule has 13 heavy (non-hydrogen) atoms. The highest BCUT2D eigenvalue weighted by molar-refractivity contribution is 7.91. The van der Waals surface area contributed by atoms with Gasteiger partial charge in [0.2, 0.25) is 0 Å². The molecule has 0 fully saturated rings. The Hall–Kier alpha value is -0.880. The second kappa shape index (κ2) is 4.38. The fourth-order valence-corrected chi connectivity index (χ4v) is 1.21. The van der Waals surface area contributed by atoms with Gasteiger partial charge in [0.1, 0.15) is 0 Å². The van der Waals surface area contributed by atoms with E-state index in [2.05, 4.69) is 10.8 Å². The zero-order chi connectivity index (χ0) is 10.6. The first-order valence-electron chi connectivity index (χ1n) is 3.59. The van der Waals surface area contributed by atoms with Gasteiger partial charge in [0.15, 0.2) is 4.91 Å². The minimum atomic E-state index is -4.15. The Morgan fingerprint density at radius 3 is 2.31 bits per heavy atom. The van der Waals surface area contributed by atoms with Gasteiger partial charge in [-0.25, -0.2) is 4.79 Å². The summed E-state index contributed by atoms with van der Waals surface area (Å²) in [4.78, 5) is 9.30. The molecule has 1 N–H and O–H groups in total. The van der Waals surface area contributed by atoms with Crippen LogP contribution in [0.3, 0.4) is 0 Å². The second-order valence-corrected chi connectivity index (χ2v) is 4.50. The predicted octanol–water partition coefficient (Wildman–Crippen LogP) is 0.587. The summed E-state index contributed by atoms with van der Waals surface area (Å²) >= 11 is 0.